The van der Waals surface area contributed by atoms with Gasteiger partial charge in [-0.1, -0.05) is 13.0 Å². The summed E-state index contributed by atoms with van der Waals surface area (Å²) >= 11 is 0. The van der Waals surface area contributed by atoms with Crippen molar-refractivity contribution in [3.63, 3.8) is 0 Å². The fourth-order valence-corrected chi connectivity index (χ4v) is 3.76. The summed E-state index contributed by atoms with van der Waals surface area (Å²) in [5.41, 5.74) is 9.43. The quantitative estimate of drug-likeness (QED) is 0.851. The molecule has 3 rings (SSSR count). The second-order valence-corrected chi connectivity index (χ2v) is 7.75. The summed E-state index contributed by atoms with van der Waals surface area (Å²) in [5, 5.41) is 0. The number of nitrogen functional groups attached to an aromatic ring is 1. The molecule has 0 unspecified atom stereocenters. The van der Waals surface area contributed by atoms with Crippen molar-refractivity contribution in [1.29, 1.82) is 0 Å². The van der Waals surface area contributed by atoms with Gasteiger partial charge in [-0.3, -0.25) is 4.79 Å². The highest BCUT2D eigenvalue weighted by atomic mass is 16.2. The first-order chi connectivity index (χ1) is 12.0. The van der Waals surface area contributed by atoms with Gasteiger partial charge in [-0.25, -0.2) is 0 Å². The monoisotopic (exact) mass is 344 g/mol. The minimum Gasteiger partial charge on any atom is -0.397 e. The molecule has 138 valence electrons. The fraction of sp³-hybridized carbons (Fsp3) is 0.650. The molecule has 2 N–H and O–H groups in total. The first kappa shape index (κ1) is 18.1. The van der Waals surface area contributed by atoms with Crippen molar-refractivity contribution >= 4 is 17.3 Å². The van der Waals surface area contributed by atoms with Gasteiger partial charge in [-0.15, -0.1) is 0 Å². The van der Waals surface area contributed by atoms with E-state index in [1.54, 1.807) is 0 Å². The zero-order valence-electron chi connectivity index (χ0n) is 15.7. The van der Waals surface area contributed by atoms with Gasteiger partial charge < -0.3 is 20.4 Å². The van der Waals surface area contributed by atoms with Crippen LogP contribution >= 0.6 is 0 Å². The molecular formula is C20H32N4O. The Bertz CT molecular complexity index is 587. The summed E-state index contributed by atoms with van der Waals surface area (Å²) < 4.78 is 0. The number of rotatable bonds is 4. The van der Waals surface area contributed by atoms with Crippen molar-refractivity contribution in [1.82, 2.24) is 9.80 Å². The van der Waals surface area contributed by atoms with Crippen LogP contribution in [0.25, 0.3) is 0 Å². The van der Waals surface area contributed by atoms with Gasteiger partial charge in [0.1, 0.15) is 0 Å². The van der Waals surface area contributed by atoms with E-state index in [9.17, 15) is 4.79 Å². The van der Waals surface area contributed by atoms with Crippen molar-refractivity contribution in [3.8, 4) is 0 Å². The third-order valence-corrected chi connectivity index (χ3v) is 5.70. The maximum atomic E-state index is 12.4. The Labute approximate surface area is 151 Å². The van der Waals surface area contributed by atoms with Crippen LogP contribution in [0.5, 0.6) is 0 Å². The minimum absolute atomic E-state index is 0.286. The number of piperazine rings is 1. The third-order valence-electron chi connectivity index (χ3n) is 5.70. The van der Waals surface area contributed by atoms with E-state index in [1.807, 2.05) is 4.90 Å². The molecular weight excluding hydrogens is 312 g/mol. The maximum Gasteiger partial charge on any atom is 0.222 e. The summed E-state index contributed by atoms with van der Waals surface area (Å²) in [7, 11) is 2.16. The Kier molecular flexibility index (Phi) is 5.84. The highest BCUT2D eigenvalue weighted by molar-refractivity contribution is 5.77. The van der Waals surface area contributed by atoms with E-state index in [0.717, 1.165) is 81.4 Å². The Morgan fingerprint density at radius 1 is 1.12 bits per heavy atom. The molecule has 0 radical (unpaired) electrons. The van der Waals surface area contributed by atoms with E-state index in [0.29, 0.717) is 6.42 Å². The molecule has 1 aromatic rings. The van der Waals surface area contributed by atoms with Crippen molar-refractivity contribution in [2.45, 2.75) is 32.6 Å². The van der Waals surface area contributed by atoms with Crippen molar-refractivity contribution in [2.75, 3.05) is 56.9 Å². The van der Waals surface area contributed by atoms with Gasteiger partial charge in [0.2, 0.25) is 5.91 Å². The summed E-state index contributed by atoms with van der Waals surface area (Å²) in [6, 6.07) is 6.32. The summed E-state index contributed by atoms with van der Waals surface area (Å²) in [5.74, 6) is 1.04. The Morgan fingerprint density at radius 3 is 2.44 bits per heavy atom. The molecule has 5 heteroatoms. The lowest BCUT2D eigenvalue weighted by Crippen LogP contribution is -2.44. The van der Waals surface area contributed by atoms with E-state index in [4.69, 9.17) is 5.73 Å². The van der Waals surface area contributed by atoms with Crippen LogP contribution in [-0.2, 0) is 11.2 Å². The van der Waals surface area contributed by atoms with E-state index in [-0.39, 0.29) is 5.91 Å². The highest BCUT2D eigenvalue weighted by Gasteiger charge is 2.20. The van der Waals surface area contributed by atoms with E-state index in [2.05, 4.69) is 42.0 Å². The number of piperidine rings is 1. The van der Waals surface area contributed by atoms with Crippen molar-refractivity contribution in [2.24, 2.45) is 5.92 Å². The lowest BCUT2D eigenvalue weighted by Gasteiger charge is -2.34. The number of aryl methyl sites for hydroxylation is 1. The lowest BCUT2D eigenvalue weighted by molar-refractivity contribution is -0.132. The van der Waals surface area contributed by atoms with Gasteiger partial charge in [0.15, 0.2) is 0 Å². The first-order valence-corrected chi connectivity index (χ1v) is 9.62. The molecule has 25 heavy (non-hydrogen) atoms. The normalized spacial score (nSPS) is 20.1. The zero-order chi connectivity index (χ0) is 17.8. The maximum absolute atomic E-state index is 12.4. The van der Waals surface area contributed by atoms with E-state index in [1.165, 1.54) is 0 Å². The number of hydrogen-bond donors (Lipinski definition) is 1. The number of benzene rings is 1. The predicted octanol–water partition coefficient (Wildman–Crippen LogP) is 2.21. The van der Waals surface area contributed by atoms with Crippen LogP contribution in [0.1, 0.15) is 31.7 Å². The molecule has 2 aliphatic rings. The van der Waals surface area contributed by atoms with Crippen LogP contribution in [0, 0.1) is 5.92 Å². The zero-order valence-corrected chi connectivity index (χ0v) is 15.7. The van der Waals surface area contributed by atoms with Crippen LogP contribution in [0.3, 0.4) is 0 Å². The van der Waals surface area contributed by atoms with Gasteiger partial charge in [0, 0.05) is 45.7 Å². The number of hydrogen-bond acceptors (Lipinski definition) is 4. The fourth-order valence-electron chi connectivity index (χ4n) is 3.76. The molecule has 0 spiro atoms. The lowest BCUT2D eigenvalue weighted by atomic mass is 9.98. The van der Waals surface area contributed by atoms with Gasteiger partial charge in [0.25, 0.3) is 0 Å². The average Bonchev–Trinajstić information content (AvgIpc) is 2.61. The van der Waals surface area contributed by atoms with Crippen LogP contribution in [-0.4, -0.2) is 62.0 Å². The van der Waals surface area contributed by atoms with E-state index < -0.39 is 0 Å². The summed E-state index contributed by atoms with van der Waals surface area (Å²) in [4.78, 5) is 19.1. The summed E-state index contributed by atoms with van der Waals surface area (Å²) in [6.07, 6.45) is 3.64. The largest absolute Gasteiger partial charge is 0.397 e. The second kappa shape index (κ2) is 8.09. The van der Waals surface area contributed by atoms with Crippen LogP contribution < -0.4 is 10.6 Å². The smallest absolute Gasteiger partial charge is 0.222 e. The molecule has 5 nitrogen and oxygen atoms in total. The van der Waals surface area contributed by atoms with Crippen LogP contribution in [0.2, 0.25) is 0 Å². The van der Waals surface area contributed by atoms with Crippen molar-refractivity contribution in [3.05, 3.63) is 23.8 Å². The van der Waals surface area contributed by atoms with Crippen molar-refractivity contribution < 1.29 is 4.79 Å². The molecule has 2 aliphatic heterocycles. The molecule has 2 saturated heterocycles. The third kappa shape index (κ3) is 4.66. The first-order valence-electron chi connectivity index (χ1n) is 9.62. The molecule has 0 bridgehead atoms. The molecule has 0 aromatic heterocycles. The number of anilines is 2. The number of carbonyl (C=O) groups is 1. The predicted molar refractivity (Wildman–Crippen MR) is 104 cm³/mol. The summed E-state index contributed by atoms with van der Waals surface area (Å²) in [6.45, 7) is 8.30. The number of amides is 1. The SMILES string of the molecule is CC1CCN(C(=O)CCc2ccc(N3CCN(C)CC3)c(N)c2)CC1. The number of nitrogens with zero attached hydrogens (tertiary/aromatic N) is 3. The Balaban J connectivity index is 1.53. The van der Waals surface area contributed by atoms with Gasteiger partial charge in [-0.05, 0) is 49.9 Å². The molecule has 0 aliphatic carbocycles. The van der Waals surface area contributed by atoms with Gasteiger partial charge in [-0.2, -0.15) is 0 Å². The second-order valence-electron chi connectivity index (χ2n) is 7.75. The molecule has 2 heterocycles. The topological polar surface area (TPSA) is 52.8 Å². The highest BCUT2D eigenvalue weighted by Crippen LogP contribution is 2.26. The number of likely N-dealkylation sites (tertiary alicyclic amines) is 1. The minimum atomic E-state index is 0.286. The molecule has 2 fully saturated rings. The molecule has 1 amide bonds. The molecule has 0 saturated carbocycles. The van der Waals surface area contributed by atoms with Crippen LogP contribution in [0.4, 0.5) is 11.4 Å². The number of nitrogens with two attached hydrogens (primary N) is 1. The van der Waals surface area contributed by atoms with Crippen LogP contribution in [0.15, 0.2) is 18.2 Å². The Hall–Kier alpha value is -1.75. The Morgan fingerprint density at radius 2 is 1.80 bits per heavy atom. The number of likely N-dealkylation sites (N-methyl/N-ethyl adjacent to an activating group) is 1. The molecule has 0 atom stereocenters. The van der Waals surface area contributed by atoms with E-state index >= 15 is 0 Å². The van der Waals surface area contributed by atoms with Gasteiger partial charge in [0.05, 0.1) is 11.4 Å². The standard InChI is InChI=1S/C20H32N4O/c1-16-7-9-24(10-8-16)20(25)6-4-17-3-5-19(18(21)15-17)23-13-11-22(2)12-14-23/h3,5,15-16H,4,6-14,21H2,1-2H3. The molecule has 1 aromatic carbocycles. The number of carbonyl (C=O) groups excluding carboxylic acids is 1. The average molecular weight is 345 g/mol. The van der Waals surface area contributed by atoms with Gasteiger partial charge >= 0.3 is 0 Å².